The number of anilines is 1. The highest BCUT2D eigenvalue weighted by Crippen LogP contribution is 2.34. The number of hydrogen-bond donors (Lipinski definition) is 0. The Balaban J connectivity index is 1.42. The van der Waals surface area contributed by atoms with Crippen LogP contribution in [0.1, 0.15) is 37.0 Å². The maximum absolute atomic E-state index is 13.1. The van der Waals surface area contributed by atoms with Crippen molar-refractivity contribution in [1.82, 2.24) is 14.9 Å². The molecular formula is C24H32N4O4. The van der Waals surface area contributed by atoms with Crippen molar-refractivity contribution in [3.63, 3.8) is 0 Å². The number of piperidine rings is 1. The Bertz CT molecular complexity index is 883. The molecule has 172 valence electrons. The Labute approximate surface area is 189 Å². The largest absolute Gasteiger partial charge is 0.491 e. The van der Waals surface area contributed by atoms with Crippen molar-refractivity contribution in [1.29, 1.82) is 0 Å². The molecule has 0 saturated carbocycles. The Hall–Kier alpha value is -2.71. The van der Waals surface area contributed by atoms with E-state index < -0.39 is 0 Å². The van der Waals surface area contributed by atoms with Crippen LogP contribution in [0.3, 0.4) is 0 Å². The lowest BCUT2D eigenvalue weighted by Crippen LogP contribution is -2.61. The lowest BCUT2D eigenvalue weighted by molar-refractivity contribution is -0.145. The average Bonchev–Trinajstić information content (AvgIpc) is 2.80. The number of nitrogens with zero attached hydrogens (tertiary/aromatic N) is 4. The van der Waals surface area contributed by atoms with Gasteiger partial charge in [0.25, 0.3) is 5.91 Å². The zero-order chi connectivity index (χ0) is 22.6. The first-order valence-electron chi connectivity index (χ1n) is 11.2. The van der Waals surface area contributed by atoms with Gasteiger partial charge in [0.1, 0.15) is 5.75 Å². The summed E-state index contributed by atoms with van der Waals surface area (Å²) < 4.78 is 17.6. The van der Waals surface area contributed by atoms with Gasteiger partial charge in [0.05, 0.1) is 31.0 Å². The molecule has 0 N–H and O–H groups in total. The highest BCUT2D eigenvalue weighted by molar-refractivity contribution is 5.94. The number of morpholine rings is 1. The van der Waals surface area contributed by atoms with Crippen LogP contribution in [0, 0.1) is 0 Å². The molecule has 32 heavy (non-hydrogen) atoms. The molecule has 4 rings (SSSR count). The summed E-state index contributed by atoms with van der Waals surface area (Å²) in [7, 11) is 1.69. The summed E-state index contributed by atoms with van der Waals surface area (Å²) >= 11 is 0. The van der Waals surface area contributed by atoms with Gasteiger partial charge < -0.3 is 24.0 Å². The van der Waals surface area contributed by atoms with Crippen molar-refractivity contribution in [3.8, 4) is 5.75 Å². The van der Waals surface area contributed by atoms with E-state index in [-0.39, 0.29) is 23.7 Å². The van der Waals surface area contributed by atoms with Gasteiger partial charge in [0, 0.05) is 44.7 Å². The number of carbonyl (C=O) groups is 1. The highest BCUT2D eigenvalue weighted by atomic mass is 16.5. The molecule has 2 aliphatic rings. The van der Waals surface area contributed by atoms with Gasteiger partial charge in [-0.25, -0.2) is 9.97 Å². The second-order valence-electron chi connectivity index (χ2n) is 8.79. The number of carbonyl (C=O) groups excluding carboxylic acids is 1. The molecule has 8 nitrogen and oxygen atoms in total. The predicted octanol–water partition coefficient (Wildman–Crippen LogP) is 2.79. The quantitative estimate of drug-likeness (QED) is 0.684. The van der Waals surface area contributed by atoms with Gasteiger partial charge in [-0.3, -0.25) is 4.79 Å². The second-order valence-corrected chi connectivity index (χ2v) is 8.79. The van der Waals surface area contributed by atoms with Crippen LogP contribution in [0.4, 0.5) is 5.95 Å². The van der Waals surface area contributed by atoms with Crippen LogP contribution < -0.4 is 9.64 Å². The van der Waals surface area contributed by atoms with Gasteiger partial charge in [-0.15, -0.1) is 0 Å². The van der Waals surface area contributed by atoms with Crippen LogP contribution in [0.15, 0.2) is 42.7 Å². The van der Waals surface area contributed by atoms with Crippen LogP contribution in [0.5, 0.6) is 5.75 Å². The van der Waals surface area contributed by atoms with Crippen molar-refractivity contribution >= 4 is 11.9 Å². The van der Waals surface area contributed by atoms with Crippen LogP contribution in [-0.4, -0.2) is 78.5 Å². The van der Waals surface area contributed by atoms with Crippen molar-refractivity contribution < 1.29 is 19.0 Å². The molecule has 0 radical (unpaired) electrons. The minimum atomic E-state index is -0.341. The number of amides is 1. The fourth-order valence-corrected chi connectivity index (χ4v) is 4.49. The number of methoxy groups -OCH3 is 1. The molecule has 1 aromatic heterocycles. The molecule has 2 aromatic rings. The Morgan fingerprint density at radius 1 is 1.19 bits per heavy atom. The normalized spacial score (nSPS) is 20.6. The third-order valence-electron chi connectivity index (χ3n) is 5.94. The van der Waals surface area contributed by atoms with Gasteiger partial charge in [-0.05, 0) is 57.0 Å². The molecule has 3 heterocycles. The van der Waals surface area contributed by atoms with Crippen LogP contribution in [-0.2, 0) is 9.47 Å². The minimum absolute atomic E-state index is 0.0449. The molecule has 2 fully saturated rings. The molecular weight excluding hydrogens is 408 g/mol. The second kappa shape index (κ2) is 9.83. The fourth-order valence-electron chi connectivity index (χ4n) is 4.49. The van der Waals surface area contributed by atoms with Gasteiger partial charge in [-0.1, -0.05) is 0 Å². The molecule has 2 saturated heterocycles. The predicted molar refractivity (Wildman–Crippen MR) is 121 cm³/mol. The van der Waals surface area contributed by atoms with Crippen molar-refractivity contribution in [2.24, 2.45) is 0 Å². The summed E-state index contributed by atoms with van der Waals surface area (Å²) in [4.78, 5) is 26.0. The Morgan fingerprint density at radius 2 is 1.88 bits per heavy atom. The lowest BCUT2D eigenvalue weighted by Gasteiger charge is -2.49. The SMILES string of the molecule is COCC1CN(c2ncccn2)CC2(CCN(C(=O)c3ccc(OC(C)C)cc3)CC2)O1. The molecule has 1 amide bonds. The van der Waals surface area contributed by atoms with Crippen molar-refractivity contribution in [2.45, 2.75) is 44.5 Å². The average molecular weight is 441 g/mol. The van der Waals surface area contributed by atoms with Gasteiger partial charge in [-0.2, -0.15) is 0 Å². The molecule has 2 aliphatic heterocycles. The molecule has 1 aromatic carbocycles. The lowest BCUT2D eigenvalue weighted by atomic mass is 9.88. The van der Waals surface area contributed by atoms with Crippen molar-refractivity contribution in [3.05, 3.63) is 48.3 Å². The highest BCUT2D eigenvalue weighted by Gasteiger charge is 2.44. The third-order valence-corrected chi connectivity index (χ3v) is 5.94. The number of aromatic nitrogens is 2. The van der Waals surface area contributed by atoms with E-state index in [1.54, 1.807) is 19.5 Å². The zero-order valence-electron chi connectivity index (χ0n) is 19.1. The van der Waals surface area contributed by atoms with E-state index in [1.807, 2.05) is 49.1 Å². The summed E-state index contributed by atoms with van der Waals surface area (Å²) in [6.07, 6.45) is 5.08. The number of likely N-dealkylation sites (tertiary alicyclic amines) is 1. The van der Waals surface area contributed by atoms with Gasteiger partial charge in [0.2, 0.25) is 5.95 Å². The van der Waals surface area contributed by atoms with Crippen LogP contribution in [0.2, 0.25) is 0 Å². The fraction of sp³-hybridized carbons (Fsp3) is 0.542. The monoisotopic (exact) mass is 440 g/mol. The zero-order valence-corrected chi connectivity index (χ0v) is 19.1. The van der Waals surface area contributed by atoms with Gasteiger partial charge in [0.15, 0.2) is 0 Å². The third kappa shape index (κ3) is 5.19. The van der Waals surface area contributed by atoms with E-state index in [0.29, 0.717) is 44.3 Å². The van der Waals surface area contributed by atoms with E-state index >= 15 is 0 Å². The smallest absolute Gasteiger partial charge is 0.253 e. The maximum atomic E-state index is 13.1. The summed E-state index contributed by atoms with van der Waals surface area (Å²) in [5.74, 6) is 1.53. The molecule has 1 atom stereocenters. The molecule has 0 bridgehead atoms. The first-order valence-corrected chi connectivity index (χ1v) is 11.2. The van der Waals surface area contributed by atoms with Crippen molar-refractivity contribution in [2.75, 3.05) is 44.8 Å². The van der Waals surface area contributed by atoms with E-state index in [2.05, 4.69) is 14.9 Å². The standard InChI is InChI=1S/C24H32N4O4/c1-18(2)31-20-7-5-19(6-8-20)22(29)27-13-9-24(10-14-27)17-28(15-21(32-24)16-30-3)23-25-11-4-12-26-23/h4-8,11-12,18,21H,9-10,13-17H2,1-3H3. The summed E-state index contributed by atoms with van der Waals surface area (Å²) in [6, 6.07) is 9.21. The Kier molecular flexibility index (Phi) is 6.91. The molecule has 8 heteroatoms. The van der Waals surface area contributed by atoms with Crippen LogP contribution in [0.25, 0.3) is 0 Å². The summed E-state index contributed by atoms with van der Waals surface area (Å²) in [6.45, 7) is 7.17. The molecule has 1 spiro atoms. The maximum Gasteiger partial charge on any atom is 0.253 e. The number of hydrogen-bond acceptors (Lipinski definition) is 7. The van der Waals surface area contributed by atoms with E-state index in [9.17, 15) is 4.79 Å². The number of benzene rings is 1. The van der Waals surface area contributed by atoms with E-state index in [0.717, 1.165) is 18.6 Å². The minimum Gasteiger partial charge on any atom is -0.491 e. The molecule has 1 unspecified atom stereocenters. The van der Waals surface area contributed by atoms with Crippen LogP contribution >= 0.6 is 0 Å². The first-order chi connectivity index (χ1) is 15.5. The number of ether oxygens (including phenoxy) is 3. The van der Waals surface area contributed by atoms with Gasteiger partial charge >= 0.3 is 0 Å². The molecule has 0 aliphatic carbocycles. The first kappa shape index (κ1) is 22.5. The summed E-state index contributed by atoms with van der Waals surface area (Å²) in [5, 5.41) is 0. The number of rotatable bonds is 6. The summed E-state index contributed by atoms with van der Waals surface area (Å²) in [5.41, 5.74) is 0.338. The topological polar surface area (TPSA) is 77.0 Å². The Morgan fingerprint density at radius 3 is 2.50 bits per heavy atom. The van der Waals surface area contributed by atoms with E-state index in [1.165, 1.54) is 0 Å². The van der Waals surface area contributed by atoms with E-state index in [4.69, 9.17) is 14.2 Å².